The summed E-state index contributed by atoms with van der Waals surface area (Å²) in [5.74, 6) is 1.45. The molecule has 0 radical (unpaired) electrons. The Morgan fingerprint density at radius 3 is 2.80 bits per heavy atom. The van der Waals surface area contributed by atoms with Gasteiger partial charge in [-0.15, -0.1) is 0 Å². The lowest BCUT2D eigenvalue weighted by atomic mass is 9.89. The van der Waals surface area contributed by atoms with E-state index in [-0.39, 0.29) is 5.78 Å². The highest BCUT2D eigenvalue weighted by atomic mass is 16.5. The van der Waals surface area contributed by atoms with Crippen LogP contribution in [-0.4, -0.2) is 25.1 Å². The van der Waals surface area contributed by atoms with Crippen molar-refractivity contribution in [3.05, 3.63) is 29.8 Å². The minimum atomic E-state index is 0.0302. The average Bonchev–Trinajstić information content (AvgIpc) is 2.44. The Kier molecular flexibility index (Phi) is 5.60. The molecule has 0 aliphatic heterocycles. The molecule has 1 saturated carbocycles. The quantitative estimate of drug-likeness (QED) is 0.584. The van der Waals surface area contributed by atoms with Crippen molar-refractivity contribution in [2.45, 2.75) is 45.6 Å². The van der Waals surface area contributed by atoms with Crippen LogP contribution in [0.5, 0.6) is 5.75 Å². The Labute approximate surface area is 121 Å². The fraction of sp³-hybridized carbons (Fsp3) is 0.588. The van der Waals surface area contributed by atoms with Crippen molar-refractivity contribution in [3.8, 4) is 5.75 Å². The topological polar surface area (TPSA) is 35.5 Å². The van der Waals surface area contributed by atoms with E-state index in [1.807, 2.05) is 18.2 Å². The number of benzene rings is 1. The number of hydrogen-bond donors (Lipinski definition) is 0. The summed E-state index contributed by atoms with van der Waals surface area (Å²) in [5, 5.41) is 0. The number of ketones is 1. The molecule has 2 unspecified atom stereocenters. The number of ether oxygens (including phenoxy) is 2. The number of hydrogen-bond acceptors (Lipinski definition) is 3. The van der Waals surface area contributed by atoms with Gasteiger partial charge in [0.15, 0.2) is 5.78 Å². The van der Waals surface area contributed by atoms with Crippen molar-refractivity contribution in [2.75, 3.05) is 13.2 Å². The van der Waals surface area contributed by atoms with Crippen LogP contribution in [0.1, 0.15) is 49.9 Å². The summed E-state index contributed by atoms with van der Waals surface area (Å²) in [4.78, 5) is 11.5. The first-order valence-corrected chi connectivity index (χ1v) is 7.51. The van der Waals surface area contributed by atoms with Gasteiger partial charge in [0.1, 0.15) is 12.4 Å². The van der Waals surface area contributed by atoms with Gasteiger partial charge in [-0.25, -0.2) is 0 Å². The summed E-state index contributed by atoms with van der Waals surface area (Å²) in [5.41, 5.74) is 0.638. The fourth-order valence-corrected chi connectivity index (χ4v) is 2.78. The fourth-order valence-electron chi connectivity index (χ4n) is 2.78. The van der Waals surface area contributed by atoms with E-state index in [1.165, 1.54) is 12.8 Å². The first-order chi connectivity index (χ1) is 9.66. The second-order valence-corrected chi connectivity index (χ2v) is 5.67. The Morgan fingerprint density at radius 1 is 1.25 bits per heavy atom. The van der Waals surface area contributed by atoms with Crippen LogP contribution in [0.15, 0.2) is 24.3 Å². The lowest BCUT2D eigenvalue weighted by Gasteiger charge is -2.26. The van der Waals surface area contributed by atoms with Crippen LogP contribution in [0, 0.1) is 5.92 Å². The predicted molar refractivity (Wildman–Crippen MR) is 79.3 cm³/mol. The zero-order valence-electron chi connectivity index (χ0n) is 12.4. The van der Waals surface area contributed by atoms with Gasteiger partial charge in [0.25, 0.3) is 0 Å². The zero-order valence-corrected chi connectivity index (χ0v) is 12.4. The molecule has 0 aromatic heterocycles. The molecule has 1 fully saturated rings. The van der Waals surface area contributed by atoms with Crippen LogP contribution in [0.4, 0.5) is 0 Å². The maximum absolute atomic E-state index is 11.5. The molecule has 0 amide bonds. The van der Waals surface area contributed by atoms with Gasteiger partial charge >= 0.3 is 0 Å². The summed E-state index contributed by atoms with van der Waals surface area (Å²) in [6, 6.07) is 7.36. The Morgan fingerprint density at radius 2 is 2.05 bits per heavy atom. The maximum atomic E-state index is 11.5. The predicted octanol–water partition coefficient (Wildman–Crippen LogP) is 3.86. The second kappa shape index (κ2) is 7.44. The van der Waals surface area contributed by atoms with Gasteiger partial charge in [0.05, 0.1) is 18.3 Å². The first-order valence-electron chi connectivity index (χ1n) is 7.51. The lowest BCUT2D eigenvalue weighted by Crippen LogP contribution is -2.23. The van der Waals surface area contributed by atoms with E-state index in [0.29, 0.717) is 30.6 Å². The Bertz CT molecular complexity index is 442. The molecule has 0 saturated heterocycles. The number of rotatable bonds is 6. The minimum absolute atomic E-state index is 0.0302. The normalized spacial score (nSPS) is 22.5. The molecule has 1 aromatic carbocycles. The lowest BCUT2D eigenvalue weighted by molar-refractivity contribution is 0.00187. The first kappa shape index (κ1) is 15.0. The molecule has 0 heterocycles. The second-order valence-electron chi connectivity index (χ2n) is 5.67. The standard InChI is InChI=1S/C17H24O3/c1-13-6-5-7-15(12-13)19-10-11-20-17-9-4-3-8-16(17)14(2)18/h3-4,8-9,13,15H,5-7,10-12H2,1-2H3. The van der Waals surface area contributed by atoms with Gasteiger partial charge in [-0.1, -0.05) is 31.9 Å². The van der Waals surface area contributed by atoms with Crippen LogP contribution in [0.25, 0.3) is 0 Å². The van der Waals surface area contributed by atoms with Crippen molar-refractivity contribution >= 4 is 5.78 Å². The molecule has 0 N–H and O–H groups in total. The highest BCUT2D eigenvalue weighted by Crippen LogP contribution is 2.25. The zero-order chi connectivity index (χ0) is 14.4. The third kappa shape index (κ3) is 4.34. The van der Waals surface area contributed by atoms with E-state index >= 15 is 0 Å². The summed E-state index contributed by atoms with van der Waals surface area (Å²) in [6.45, 7) is 4.93. The van der Waals surface area contributed by atoms with Crippen LogP contribution in [0.2, 0.25) is 0 Å². The summed E-state index contributed by atoms with van der Waals surface area (Å²) in [7, 11) is 0. The van der Waals surface area contributed by atoms with Crippen LogP contribution >= 0.6 is 0 Å². The molecule has 0 bridgehead atoms. The summed E-state index contributed by atoms with van der Waals surface area (Å²) < 4.78 is 11.5. The maximum Gasteiger partial charge on any atom is 0.163 e. The SMILES string of the molecule is CC(=O)c1ccccc1OCCOC1CCCC(C)C1. The number of para-hydroxylation sites is 1. The smallest absolute Gasteiger partial charge is 0.163 e. The number of Topliss-reactive ketones (excluding diaryl/α,β-unsaturated/α-hetero) is 1. The van der Waals surface area contributed by atoms with Gasteiger partial charge in [-0.2, -0.15) is 0 Å². The number of carbonyl (C=O) groups is 1. The molecular weight excluding hydrogens is 252 g/mol. The van der Waals surface area contributed by atoms with Gasteiger partial charge in [0.2, 0.25) is 0 Å². The van der Waals surface area contributed by atoms with Crippen molar-refractivity contribution in [2.24, 2.45) is 5.92 Å². The Hall–Kier alpha value is -1.35. The molecule has 20 heavy (non-hydrogen) atoms. The molecule has 1 aliphatic carbocycles. The molecule has 0 spiro atoms. The molecule has 110 valence electrons. The van der Waals surface area contributed by atoms with Gasteiger partial charge in [-0.05, 0) is 37.8 Å². The van der Waals surface area contributed by atoms with E-state index in [1.54, 1.807) is 13.0 Å². The third-order valence-corrected chi connectivity index (χ3v) is 3.85. The van der Waals surface area contributed by atoms with Gasteiger partial charge in [-0.3, -0.25) is 4.79 Å². The van der Waals surface area contributed by atoms with Crippen LogP contribution < -0.4 is 4.74 Å². The summed E-state index contributed by atoms with van der Waals surface area (Å²) in [6.07, 6.45) is 5.28. The molecule has 2 rings (SSSR count). The van der Waals surface area contributed by atoms with E-state index in [0.717, 1.165) is 18.8 Å². The monoisotopic (exact) mass is 276 g/mol. The highest BCUT2D eigenvalue weighted by Gasteiger charge is 2.19. The van der Waals surface area contributed by atoms with Gasteiger partial charge in [0, 0.05) is 0 Å². The Balaban J connectivity index is 1.74. The van der Waals surface area contributed by atoms with Crippen LogP contribution in [-0.2, 0) is 4.74 Å². The van der Waals surface area contributed by atoms with E-state index in [2.05, 4.69) is 6.92 Å². The minimum Gasteiger partial charge on any atom is -0.490 e. The molecular formula is C17H24O3. The van der Waals surface area contributed by atoms with Crippen molar-refractivity contribution in [1.29, 1.82) is 0 Å². The molecule has 3 heteroatoms. The van der Waals surface area contributed by atoms with Crippen LogP contribution in [0.3, 0.4) is 0 Å². The van der Waals surface area contributed by atoms with Gasteiger partial charge < -0.3 is 9.47 Å². The van der Waals surface area contributed by atoms with E-state index < -0.39 is 0 Å². The molecule has 2 atom stereocenters. The molecule has 1 aromatic rings. The van der Waals surface area contributed by atoms with Crippen molar-refractivity contribution in [3.63, 3.8) is 0 Å². The van der Waals surface area contributed by atoms with Crippen molar-refractivity contribution < 1.29 is 14.3 Å². The largest absolute Gasteiger partial charge is 0.490 e. The highest BCUT2D eigenvalue weighted by molar-refractivity contribution is 5.96. The third-order valence-electron chi connectivity index (χ3n) is 3.85. The van der Waals surface area contributed by atoms with E-state index in [4.69, 9.17) is 9.47 Å². The summed E-state index contributed by atoms with van der Waals surface area (Å²) >= 11 is 0. The molecule has 3 nitrogen and oxygen atoms in total. The van der Waals surface area contributed by atoms with E-state index in [9.17, 15) is 4.79 Å². The van der Waals surface area contributed by atoms with Crippen molar-refractivity contribution in [1.82, 2.24) is 0 Å². The average molecular weight is 276 g/mol. The molecule has 1 aliphatic rings. The number of carbonyl (C=O) groups excluding carboxylic acids is 1.